The van der Waals surface area contributed by atoms with Crippen molar-refractivity contribution in [2.45, 2.75) is 83.7 Å². The molecule has 0 bridgehead atoms. The minimum atomic E-state index is 0.564. The van der Waals surface area contributed by atoms with E-state index >= 15 is 0 Å². The Morgan fingerprint density at radius 3 is 1.24 bits per heavy atom. The van der Waals surface area contributed by atoms with Crippen molar-refractivity contribution in [3.8, 4) is 0 Å². The van der Waals surface area contributed by atoms with Crippen LogP contribution in [0.15, 0.2) is 60.7 Å². The van der Waals surface area contributed by atoms with Crippen LogP contribution in [0.3, 0.4) is 0 Å². The molecule has 0 aromatic heterocycles. The maximum Gasteiger partial charge on any atom is 0.00791 e. The number of hydrogen-bond donors (Lipinski definition) is 2. The number of benzene rings is 2. The van der Waals surface area contributed by atoms with E-state index in [1.165, 1.54) is 56.1 Å². The monoisotopic (exact) mass is 394 g/mol. The Morgan fingerprint density at radius 2 is 0.862 bits per heavy atom. The van der Waals surface area contributed by atoms with Crippen LogP contribution in [0.2, 0.25) is 0 Å². The van der Waals surface area contributed by atoms with Gasteiger partial charge in [0.2, 0.25) is 0 Å². The Labute approximate surface area is 179 Å². The molecule has 2 aromatic carbocycles. The van der Waals surface area contributed by atoms with Crippen molar-refractivity contribution < 1.29 is 0 Å². The molecule has 0 aliphatic rings. The zero-order valence-electron chi connectivity index (χ0n) is 18.7. The summed E-state index contributed by atoms with van der Waals surface area (Å²) in [6.07, 6.45) is 11.7. The van der Waals surface area contributed by atoms with E-state index in [0.29, 0.717) is 12.1 Å². The summed E-state index contributed by atoms with van der Waals surface area (Å²) in [6.45, 7) is 6.89. The summed E-state index contributed by atoms with van der Waals surface area (Å²) >= 11 is 0. The van der Waals surface area contributed by atoms with Crippen LogP contribution in [0.25, 0.3) is 0 Å². The van der Waals surface area contributed by atoms with Crippen LogP contribution >= 0.6 is 0 Å². The molecule has 29 heavy (non-hydrogen) atoms. The van der Waals surface area contributed by atoms with Gasteiger partial charge < -0.3 is 10.6 Å². The molecule has 0 aliphatic heterocycles. The van der Waals surface area contributed by atoms with E-state index in [1.807, 2.05) is 0 Å². The molecule has 0 fully saturated rings. The van der Waals surface area contributed by atoms with E-state index in [0.717, 1.165) is 25.9 Å². The fraction of sp³-hybridized carbons (Fsp3) is 0.556. The van der Waals surface area contributed by atoms with E-state index < -0.39 is 0 Å². The molecule has 0 heterocycles. The minimum Gasteiger partial charge on any atom is -0.314 e. The summed E-state index contributed by atoms with van der Waals surface area (Å²) in [5, 5.41) is 7.34. The number of unbranched alkanes of at least 4 members (excludes halogenated alkanes) is 6. The van der Waals surface area contributed by atoms with Crippen molar-refractivity contribution in [2.24, 2.45) is 0 Å². The molecule has 2 nitrogen and oxygen atoms in total. The van der Waals surface area contributed by atoms with Gasteiger partial charge in [0.15, 0.2) is 0 Å². The van der Waals surface area contributed by atoms with Crippen LogP contribution in [0.4, 0.5) is 0 Å². The summed E-state index contributed by atoms with van der Waals surface area (Å²) in [7, 11) is 0. The van der Waals surface area contributed by atoms with Gasteiger partial charge in [0, 0.05) is 12.1 Å². The molecule has 2 N–H and O–H groups in total. The Morgan fingerprint density at radius 1 is 0.517 bits per heavy atom. The Balaban J connectivity index is 1.34. The largest absolute Gasteiger partial charge is 0.314 e. The van der Waals surface area contributed by atoms with Gasteiger partial charge >= 0.3 is 0 Å². The molecule has 0 aliphatic carbocycles. The predicted octanol–water partition coefficient (Wildman–Crippen LogP) is 6.16. The van der Waals surface area contributed by atoms with Gasteiger partial charge in [0.05, 0.1) is 0 Å². The van der Waals surface area contributed by atoms with Crippen LogP contribution < -0.4 is 10.6 Å². The van der Waals surface area contributed by atoms with Crippen LogP contribution in [-0.2, 0) is 12.8 Å². The lowest BCUT2D eigenvalue weighted by Gasteiger charge is -2.14. The van der Waals surface area contributed by atoms with Gasteiger partial charge in [-0.05, 0) is 63.7 Å². The molecule has 2 aromatic rings. The zero-order chi connectivity index (χ0) is 20.6. The maximum atomic E-state index is 3.67. The molecule has 0 radical (unpaired) electrons. The van der Waals surface area contributed by atoms with Gasteiger partial charge in [0.1, 0.15) is 0 Å². The lowest BCUT2D eigenvalue weighted by molar-refractivity contribution is 0.496. The van der Waals surface area contributed by atoms with Crippen LogP contribution in [0.5, 0.6) is 0 Å². The molecule has 0 saturated heterocycles. The van der Waals surface area contributed by atoms with Gasteiger partial charge in [-0.15, -0.1) is 0 Å². The van der Waals surface area contributed by atoms with Crippen LogP contribution in [0, 0.1) is 0 Å². The summed E-state index contributed by atoms with van der Waals surface area (Å²) in [5.74, 6) is 0. The first-order valence-electron chi connectivity index (χ1n) is 11.8. The molecular weight excluding hydrogens is 352 g/mol. The summed E-state index contributed by atoms with van der Waals surface area (Å²) < 4.78 is 0. The molecule has 0 amide bonds. The minimum absolute atomic E-state index is 0.564. The smallest absolute Gasteiger partial charge is 0.00791 e. The third kappa shape index (κ3) is 11.8. The van der Waals surface area contributed by atoms with Crippen molar-refractivity contribution >= 4 is 0 Å². The second kappa shape index (κ2) is 15.2. The summed E-state index contributed by atoms with van der Waals surface area (Å²) in [4.78, 5) is 0. The lowest BCUT2D eigenvalue weighted by atomic mass is 10.1. The van der Waals surface area contributed by atoms with Crippen molar-refractivity contribution in [2.75, 3.05) is 13.1 Å². The number of nitrogens with one attached hydrogen (secondary N) is 2. The fourth-order valence-corrected chi connectivity index (χ4v) is 3.91. The standard InChI is InChI=1S/C27H42N2/c1-24(22-26-16-10-8-11-17-26)28-20-14-6-4-3-5-7-15-21-29-25(2)23-27-18-12-9-13-19-27/h8-13,16-19,24-25,28-29H,3-7,14-15,20-23H2,1-2H3/t24-,25-/m0/s1. The first-order valence-corrected chi connectivity index (χ1v) is 11.8. The van der Waals surface area contributed by atoms with Crippen molar-refractivity contribution in [1.29, 1.82) is 0 Å². The van der Waals surface area contributed by atoms with E-state index in [2.05, 4.69) is 85.1 Å². The van der Waals surface area contributed by atoms with E-state index in [4.69, 9.17) is 0 Å². The van der Waals surface area contributed by atoms with Crippen LogP contribution in [0.1, 0.15) is 69.9 Å². The highest BCUT2D eigenvalue weighted by Crippen LogP contribution is 2.08. The van der Waals surface area contributed by atoms with E-state index in [1.54, 1.807) is 0 Å². The third-order valence-corrected chi connectivity index (χ3v) is 5.61. The maximum absolute atomic E-state index is 3.67. The number of rotatable bonds is 16. The first kappa shape index (κ1) is 23.6. The fourth-order valence-electron chi connectivity index (χ4n) is 3.91. The molecular formula is C27H42N2. The average Bonchev–Trinajstić information content (AvgIpc) is 2.73. The lowest BCUT2D eigenvalue weighted by Crippen LogP contribution is -2.29. The highest BCUT2D eigenvalue weighted by molar-refractivity contribution is 5.16. The highest BCUT2D eigenvalue weighted by Gasteiger charge is 2.03. The molecule has 0 spiro atoms. The van der Waals surface area contributed by atoms with Gasteiger partial charge in [-0.2, -0.15) is 0 Å². The van der Waals surface area contributed by atoms with Gasteiger partial charge in [-0.3, -0.25) is 0 Å². The molecule has 160 valence electrons. The van der Waals surface area contributed by atoms with E-state index in [-0.39, 0.29) is 0 Å². The molecule has 2 rings (SSSR count). The number of hydrogen-bond acceptors (Lipinski definition) is 2. The van der Waals surface area contributed by atoms with E-state index in [9.17, 15) is 0 Å². The second-order valence-corrected chi connectivity index (χ2v) is 8.56. The topological polar surface area (TPSA) is 24.1 Å². The molecule has 0 saturated carbocycles. The van der Waals surface area contributed by atoms with Gasteiger partial charge in [-0.25, -0.2) is 0 Å². The molecule has 2 atom stereocenters. The highest BCUT2D eigenvalue weighted by atomic mass is 14.9. The van der Waals surface area contributed by atoms with Crippen molar-refractivity contribution in [3.05, 3.63) is 71.8 Å². The van der Waals surface area contributed by atoms with Crippen molar-refractivity contribution in [3.63, 3.8) is 0 Å². The second-order valence-electron chi connectivity index (χ2n) is 8.56. The average molecular weight is 395 g/mol. The Bertz CT molecular complexity index is 555. The quantitative estimate of drug-likeness (QED) is 0.333. The van der Waals surface area contributed by atoms with Gasteiger partial charge in [-0.1, -0.05) is 92.8 Å². The third-order valence-electron chi connectivity index (χ3n) is 5.61. The first-order chi connectivity index (χ1) is 14.2. The SMILES string of the molecule is C[C@@H](Cc1ccccc1)NCCCCCCCCCN[C@@H](C)Cc1ccccc1. The Kier molecular flexibility index (Phi) is 12.4. The van der Waals surface area contributed by atoms with Gasteiger partial charge in [0.25, 0.3) is 0 Å². The summed E-state index contributed by atoms with van der Waals surface area (Å²) in [5.41, 5.74) is 2.85. The Hall–Kier alpha value is -1.64. The molecule has 2 heteroatoms. The van der Waals surface area contributed by atoms with Crippen molar-refractivity contribution in [1.82, 2.24) is 10.6 Å². The summed E-state index contributed by atoms with van der Waals surface area (Å²) in [6, 6.07) is 22.7. The molecule has 0 unspecified atom stereocenters. The van der Waals surface area contributed by atoms with Crippen LogP contribution in [-0.4, -0.2) is 25.2 Å². The predicted molar refractivity (Wildman–Crippen MR) is 128 cm³/mol. The zero-order valence-corrected chi connectivity index (χ0v) is 18.7. The normalized spacial score (nSPS) is 13.3.